The monoisotopic (exact) mass is 918 g/mol. The number of halogens is 9. The number of carbonyl (C=O) groups excluding carboxylic acids is 3. The van der Waals surface area contributed by atoms with Gasteiger partial charge in [-0.1, -0.05) is 24.3 Å². The molecule has 1 N–H and O–H groups in total. The fraction of sp³-hybridized carbons (Fsp3) is 0.400. The van der Waals surface area contributed by atoms with Crippen LogP contribution in [0.1, 0.15) is 79.8 Å². The molecule has 6 rings (SSSR count). The van der Waals surface area contributed by atoms with Crippen molar-refractivity contribution in [2.45, 2.75) is 102 Å². The first-order valence-corrected chi connectivity index (χ1v) is 19.8. The summed E-state index contributed by atoms with van der Waals surface area (Å²) in [6.45, 7) is 4.94. The van der Waals surface area contributed by atoms with E-state index in [2.05, 4.69) is 15.3 Å². The number of likely N-dealkylation sites (tertiary alicyclic amines) is 1. The minimum Gasteiger partial charge on any atom is -0.444 e. The number of hydrogen-bond donors (Lipinski definition) is 1. The topological polar surface area (TPSA) is 149 Å². The molecule has 0 saturated carbocycles. The predicted octanol–water partition coefficient (Wildman–Crippen LogP) is 9.75. The zero-order valence-corrected chi connectivity index (χ0v) is 35.5. The number of amides is 1. The number of ether oxygens (including phenoxy) is 1. The quantitative estimate of drug-likeness (QED) is 0.154. The minimum atomic E-state index is -4.46. The first-order valence-electron chi connectivity index (χ1n) is 19.8. The molecule has 0 unspecified atom stereocenters. The van der Waals surface area contributed by atoms with E-state index in [0.717, 1.165) is 29.2 Å². The van der Waals surface area contributed by atoms with E-state index < -0.39 is 59.6 Å². The van der Waals surface area contributed by atoms with Crippen molar-refractivity contribution >= 4 is 30.1 Å². The molecule has 4 atom stereocenters. The number of aryl methyl sites for hydroxylation is 2. The molecule has 340 valence electrons. The van der Waals surface area contributed by atoms with Crippen molar-refractivity contribution in [1.82, 2.24) is 20.2 Å². The van der Waals surface area contributed by atoms with Crippen LogP contribution in [0.3, 0.4) is 0 Å². The van der Waals surface area contributed by atoms with Gasteiger partial charge < -0.3 is 10.1 Å². The van der Waals surface area contributed by atoms with E-state index >= 15 is 0 Å². The number of pyridine rings is 2. The van der Waals surface area contributed by atoms with Crippen molar-refractivity contribution < 1.29 is 54.2 Å². The molecule has 2 saturated heterocycles. The van der Waals surface area contributed by atoms with Crippen molar-refractivity contribution in [2.75, 3.05) is 13.1 Å². The molecular formula is C45H43ClF8N6O4. The van der Waals surface area contributed by atoms with Gasteiger partial charge >= 0.3 is 18.4 Å². The highest BCUT2D eigenvalue weighted by Gasteiger charge is 2.41. The molecule has 0 radical (unpaired) electrons. The van der Waals surface area contributed by atoms with Gasteiger partial charge in [0.15, 0.2) is 5.78 Å². The number of ketones is 2. The summed E-state index contributed by atoms with van der Waals surface area (Å²) in [6.07, 6.45) is -8.91. The first-order chi connectivity index (χ1) is 29.6. The second-order valence-electron chi connectivity index (χ2n) is 16.0. The van der Waals surface area contributed by atoms with E-state index in [4.69, 9.17) is 4.74 Å². The Balaban J connectivity index is 0.000000283. The summed E-state index contributed by atoms with van der Waals surface area (Å²) < 4.78 is 109. The average Bonchev–Trinajstić information content (AvgIpc) is 3.86. The number of alkyl halides is 8. The summed E-state index contributed by atoms with van der Waals surface area (Å²) in [5, 5.41) is 21.5. The minimum absolute atomic E-state index is 0. The molecule has 64 heavy (non-hydrogen) atoms. The third-order valence-electron chi connectivity index (χ3n) is 10.2. The number of nitrogens with one attached hydrogen (secondary N) is 1. The lowest BCUT2D eigenvalue weighted by Crippen LogP contribution is -2.43. The summed E-state index contributed by atoms with van der Waals surface area (Å²) in [7, 11) is 0. The standard InChI is InChI=1S/C25H25F4N3O3.C20H17F4N3O.ClH/c1-24(2,3)35-23(34)32-14-19(26)11-21(32)22(33)9-6-16-10-20(31-13-17(16)12-30)15-4-7-18(8-5-15)25(27,28)29;21-16-8-18(27-11-16)19(28)6-3-13-7-17(26-10-14(13)9-25)12-1-4-15(5-2-12)20(22,23)24;/h4-5,7-8,10,13,19,21H,6,9,11,14H2,1-3H3;1-2,4-5,7,10,16,18,27H,3,6,8,11H2;1H/t19-,21+;16-,18+;/m11./s1. The second kappa shape index (κ2) is 21.1. The lowest BCUT2D eigenvalue weighted by molar-refractivity contribution is -0.138. The van der Waals surface area contributed by atoms with Gasteiger partial charge in [0.1, 0.15) is 35.9 Å². The maximum Gasteiger partial charge on any atom is 0.416 e. The molecule has 4 heterocycles. The normalized spacial score (nSPS) is 18.5. The van der Waals surface area contributed by atoms with E-state index in [1.165, 1.54) is 36.7 Å². The fourth-order valence-electron chi connectivity index (χ4n) is 6.99. The Labute approximate surface area is 370 Å². The van der Waals surface area contributed by atoms with Crippen LogP contribution in [0, 0.1) is 22.7 Å². The number of aromatic nitrogens is 2. The molecule has 2 fully saturated rings. The Hall–Kier alpha value is -5.98. The van der Waals surface area contributed by atoms with Gasteiger partial charge in [0.2, 0.25) is 0 Å². The van der Waals surface area contributed by atoms with Crippen LogP contribution in [-0.4, -0.2) is 75.6 Å². The highest BCUT2D eigenvalue weighted by atomic mass is 35.5. The molecule has 1 amide bonds. The Morgan fingerprint density at radius 1 is 0.734 bits per heavy atom. The number of nitrogens with zero attached hydrogens (tertiary/aromatic N) is 5. The summed E-state index contributed by atoms with van der Waals surface area (Å²) in [5.74, 6) is -0.496. The molecule has 2 aromatic carbocycles. The van der Waals surface area contributed by atoms with E-state index in [9.17, 15) is 60.0 Å². The molecule has 2 aromatic heterocycles. The van der Waals surface area contributed by atoms with Crippen LogP contribution >= 0.6 is 12.4 Å². The predicted molar refractivity (Wildman–Crippen MR) is 220 cm³/mol. The molecule has 19 heteroatoms. The van der Waals surface area contributed by atoms with Crippen molar-refractivity contribution in [1.29, 1.82) is 10.5 Å². The molecular weight excluding hydrogens is 876 g/mol. The Bertz CT molecular complexity index is 2380. The van der Waals surface area contributed by atoms with Crippen LogP contribution < -0.4 is 5.32 Å². The molecule has 2 aliphatic heterocycles. The maximum atomic E-state index is 14.1. The first kappa shape index (κ1) is 50.7. The van der Waals surface area contributed by atoms with Gasteiger partial charge in [0, 0.05) is 55.7 Å². The molecule has 2 aliphatic rings. The van der Waals surface area contributed by atoms with E-state index in [1.54, 1.807) is 32.9 Å². The SMILES string of the molecule is CC(C)(C)OC(=O)N1C[C@H](F)C[C@H]1C(=O)CCc1cc(-c2ccc(C(F)(F)F)cc2)ncc1C#N.Cl.N#Cc1cnc(-c2ccc(C(F)(F)F)cc2)cc1CCC(=O)[C@@H]1C[C@@H](F)CN1. The van der Waals surface area contributed by atoms with Crippen LogP contribution in [-0.2, 0) is 39.5 Å². The van der Waals surface area contributed by atoms with Gasteiger partial charge in [-0.3, -0.25) is 24.5 Å². The maximum absolute atomic E-state index is 14.1. The van der Waals surface area contributed by atoms with Crippen molar-refractivity contribution in [3.8, 4) is 34.7 Å². The summed E-state index contributed by atoms with van der Waals surface area (Å²) in [4.78, 5) is 47.0. The van der Waals surface area contributed by atoms with Crippen LogP contribution in [0.15, 0.2) is 73.1 Å². The number of Topliss-reactive ketones (excluding diaryl/α,β-unsaturated/α-hetero) is 2. The largest absolute Gasteiger partial charge is 0.444 e. The Morgan fingerprint density at radius 2 is 1.19 bits per heavy atom. The van der Waals surface area contributed by atoms with Crippen molar-refractivity contribution in [3.05, 3.63) is 106 Å². The van der Waals surface area contributed by atoms with Gasteiger partial charge in [0.05, 0.1) is 52.3 Å². The molecule has 0 bridgehead atoms. The number of hydrogen-bond acceptors (Lipinski definition) is 9. The molecule has 0 aliphatic carbocycles. The van der Waals surface area contributed by atoms with Gasteiger partial charge in [-0.05, 0) is 81.1 Å². The van der Waals surface area contributed by atoms with Crippen LogP contribution in [0.5, 0.6) is 0 Å². The summed E-state index contributed by atoms with van der Waals surface area (Å²) >= 11 is 0. The lowest BCUT2D eigenvalue weighted by atomic mass is 9.98. The zero-order chi connectivity index (χ0) is 46.3. The van der Waals surface area contributed by atoms with Crippen LogP contribution in [0.2, 0.25) is 0 Å². The summed E-state index contributed by atoms with van der Waals surface area (Å²) in [6, 6.07) is 14.7. The number of nitriles is 2. The molecule has 10 nitrogen and oxygen atoms in total. The van der Waals surface area contributed by atoms with Crippen LogP contribution in [0.4, 0.5) is 39.9 Å². The third kappa shape index (κ3) is 13.5. The van der Waals surface area contributed by atoms with E-state index in [0.29, 0.717) is 39.2 Å². The Kier molecular flexibility index (Phi) is 16.7. The highest BCUT2D eigenvalue weighted by molar-refractivity contribution is 5.88. The van der Waals surface area contributed by atoms with Gasteiger partial charge in [-0.2, -0.15) is 36.9 Å². The second-order valence-corrected chi connectivity index (χ2v) is 16.0. The van der Waals surface area contributed by atoms with Gasteiger partial charge in [-0.15, -0.1) is 12.4 Å². The van der Waals surface area contributed by atoms with Crippen molar-refractivity contribution in [3.63, 3.8) is 0 Å². The van der Waals surface area contributed by atoms with Crippen molar-refractivity contribution in [2.24, 2.45) is 0 Å². The third-order valence-corrected chi connectivity index (χ3v) is 10.2. The van der Waals surface area contributed by atoms with Gasteiger partial charge in [0.25, 0.3) is 0 Å². The highest BCUT2D eigenvalue weighted by Crippen LogP contribution is 2.33. The zero-order valence-electron chi connectivity index (χ0n) is 34.7. The molecule has 0 spiro atoms. The smallest absolute Gasteiger partial charge is 0.416 e. The number of rotatable bonds is 10. The average molecular weight is 919 g/mol. The lowest BCUT2D eigenvalue weighted by Gasteiger charge is -2.27. The molecule has 4 aromatic rings. The number of benzene rings is 2. The fourth-order valence-corrected chi connectivity index (χ4v) is 6.99. The number of carbonyl (C=O) groups is 3. The Morgan fingerprint density at radius 3 is 1.58 bits per heavy atom. The van der Waals surface area contributed by atoms with E-state index in [-0.39, 0.29) is 81.2 Å². The van der Waals surface area contributed by atoms with E-state index in [1.807, 2.05) is 12.1 Å². The summed E-state index contributed by atoms with van der Waals surface area (Å²) in [5.41, 5.74) is 0.873. The van der Waals surface area contributed by atoms with Crippen LogP contribution in [0.25, 0.3) is 22.5 Å². The van der Waals surface area contributed by atoms with Gasteiger partial charge in [-0.25, -0.2) is 13.6 Å².